The van der Waals surface area contributed by atoms with E-state index in [1.807, 2.05) is 54.7 Å². The van der Waals surface area contributed by atoms with Crippen LogP contribution < -0.4 is 20.1 Å². The first-order chi connectivity index (χ1) is 19.5. The molecule has 0 aliphatic carbocycles. The Morgan fingerprint density at radius 3 is 2.55 bits per heavy atom. The Kier molecular flexibility index (Phi) is 8.64. The zero-order valence-electron chi connectivity index (χ0n) is 23.3. The van der Waals surface area contributed by atoms with Gasteiger partial charge in [-0.1, -0.05) is 47.7 Å². The van der Waals surface area contributed by atoms with E-state index in [1.54, 1.807) is 18.9 Å². The number of aromatic nitrogens is 3. The lowest BCUT2D eigenvalue weighted by molar-refractivity contribution is -0.137. The molecule has 2 N–H and O–H groups in total. The van der Waals surface area contributed by atoms with E-state index in [0.29, 0.717) is 51.1 Å². The molecule has 5 rings (SSSR count). The monoisotopic (exact) mass is 546 g/mol. The molecule has 1 fully saturated rings. The number of amides is 2. The van der Waals surface area contributed by atoms with Crippen molar-refractivity contribution in [1.82, 2.24) is 30.5 Å². The van der Waals surface area contributed by atoms with Crippen molar-refractivity contribution in [2.75, 3.05) is 33.9 Å². The fourth-order valence-electron chi connectivity index (χ4n) is 5.76. The maximum Gasteiger partial charge on any atom is 0.242 e. The lowest BCUT2D eigenvalue weighted by atomic mass is 9.73. The Hall–Kier alpha value is -3.92. The summed E-state index contributed by atoms with van der Waals surface area (Å²) in [6.45, 7) is 3.28. The van der Waals surface area contributed by atoms with Gasteiger partial charge in [-0.05, 0) is 44.0 Å². The molecule has 1 saturated heterocycles. The second-order valence-corrected chi connectivity index (χ2v) is 10.7. The molecule has 2 aliphatic heterocycles. The minimum atomic E-state index is -0.695. The molecule has 0 unspecified atom stereocenters. The average Bonchev–Trinajstić information content (AvgIpc) is 3.42. The van der Waals surface area contributed by atoms with E-state index in [-0.39, 0.29) is 11.8 Å². The molecule has 2 aliphatic rings. The normalized spacial score (nSPS) is 20.0. The second kappa shape index (κ2) is 12.5. The number of piperidine rings is 1. The lowest BCUT2D eigenvalue weighted by Gasteiger charge is -2.41. The first-order valence-electron chi connectivity index (χ1n) is 13.9. The second-order valence-electron chi connectivity index (χ2n) is 10.7. The van der Waals surface area contributed by atoms with E-state index in [9.17, 15) is 9.59 Å². The maximum absolute atomic E-state index is 14.1. The fraction of sp³-hybridized carbons (Fsp3) is 0.467. The highest BCUT2D eigenvalue weighted by molar-refractivity contribution is 5.90. The molecule has 2 bridgehead atoms. The summed E-state index contributed by atoms with van der Waals surface area (Å²) in [5, 5.41) is 14.8. The summed E-state index contributed by atoms with van der Waals surface area (Å²) in [4.78, 5) is 29.7. The predicted octanol–water partition coefficient (Wildman–Crippen LogP) is 2.37. The van der Waals surface area contributed by atoms with Crippen LogP contribution >= 0.6 is 0 Å². The summed E-state index contributed by atoms with van der Waals surface area (Å²) in [6, 6.07) is 15.1. The van der Waals surface area contributed by atoms with E-state index in [4.69, 9.17) is 9.47 Å². The minimum absolute atomic E-state index is 0.101. The number of ether oxygens (including phenoxy) is 2. The number of nitrogens with zero attached hydrogens (tertiary/aromatic N) is 4. The van der Waals surface area contributed by atoms with Gasteiger partial charge in [0, 0.05) is 44.2 Å². The van der Waals surface area contributed by atoms with Gasteiger partial charge in [0.05, 0.1) is 25.3 Å². The summed E-state index contributed by atoms with van der Waals surface area (Å²) >= 11 is 0. The first kappa shape index (κ1) is 27.6. The van der Waals surface area contributed by atoms with Gasteiger partial charge in [0.15, 0.2) is 11.5 Å². The molecule has 0 radical (unpaired) electrons. The molecule has 40 heavy (non-hydrogen) atoms. The van der Waals surface area contributed by atoms with Gasteiger partial charge >= 0.3 is 0 Å². The molecule has 1 spiro atoms. The number of hydrogen-bond acceptors (Lipinski definition) is 7. The molecule has 2 amide bonds. The van der Waals surface area contributed by atoms with Crippen molar-refractivity contribution < 1.29 is 19.1 Å². The van der Waals surface area contributed by atoms with E-state index in [0.717, 1.165) is 42.1 Å². The van der Waals surface area contributed by atoms with E-state index < -0.39 is 11.5 Å². The Labute approximate surface area is 235 Å². The van der Waals surface area contributed by atoms with Gasteiger partial charge < -0.3 is 20.1 Å². The zero-order valence-corrected chi connectivity index (χ0v) is 23.3. The number of rotatable bonds is 6. The Bertz CT molecular complexity index is 1300. The summed E-state index contributed by atoms with van der Waals surface area (Å²) in [7, 11) is 3.29. The van der Waals surface area contributed by atoms with Gasteiger partial charge in [0.2, 0.25) is 11.8 Å². The molecule has 1 aromatic heterocycles. The SMILES string of the molecule is COc1cccc(CN2CCC3(CC2)Cc2cn(nn2)CCCNC(=O)[C@H](Cc2ccccc2)NC3=O)c1OC. The van der Waals surface area contributed by atoms with Crippen LogP contribution in [0.4, 0.5) is 0 Å². The molecule has 212 valence electrons. The third-order valence-corrected chi connectivity index (χ3v) is 8.05. The molecule has 10 nitrogen and oxygen atoms in total. The zero-order chi connectivity index (χ0) is 28.0. The van der Waals surface area contributed by atoms with Crippen LogP contribution in [0.25, 0.3) is 0 Å². The van der Waals surface area contributed by atoms with Gasteiger partial charge in [-0.3, -0.25) is 19.2 Å². The van der Waals surface area contributed by atoms with Crippen molar-refractivity contribution in [3.05, 3.63) is 71.5 Å². The van der Waals surface area contributed by atoms with E-state index in [2.05, 4.69) is 25.8 Å². The van der Waals surface area contributed by atoms with Crippen LogP contribution in [0.3, 0.4) is 0 Å². The summed E-state index contributed by atoms with van der Waals surface area (Å²) in [5.74, 6) is 1.17. The van der Waals surface area contributed by atoms with Gasteiger partial charge in [-0.2, -0.15) is 0 Å². The van der Waals surface area contributed by atoms with Crippen LogP contribution in [-0.4, -0.2) is 71.6 Å². The van der Waals surface area contributed by atoms with E-state index in [1.165, 1.54) is 0 Å². The van der Waals surface area contributed by atoms with Crippen LogP contribution in [0.5, 0.6) is 11.5 Å². The number of likely N-dealkylation sites (tertiary alicyclic amines) is 1. The number of fused-ring (bicyclic) bond motifs is 2. The molecule has 2 aromatic carbocycles. The van der Waals surface area contributed by atoms with Gasteiger partial charge in [-0.15, -0.1) is 5.10 Å². The van der Waals surface area contributed by atoms with Gasteiger partial charge in [0.1, 0.15) is 6.04 Å². The number of carbonyl (C=O) groups is 2. The smallest absolute Gasteiger partial charge is 0.242 e. The van der Waals surface area contributed by atoms with Crippen molar-refractivity contribution in [2.24, 2.45) is 5.41 Å². The topological polar surface area (TPSA) is 111 Å². The molecule has 10 heteroatoms. The Balaban J connectivity index is 1.37. The molecular formula is C30H38N6O4. The average molecular weight is 547 g/mol. The third-order valence-electron chi connectivity index (χ3n) is 8.05. The molecule has 1 atom stereocenters. The van der Waals surface area contributed by atoms with Gasteiger partial charge in [-0.25, -0.2) is 0 Å². The number of aryl methyl sites for hydroxylation is 1. The van der Waals surface area contributed by atoms with E-state index >= 15 is 0 Å². The predicted molar refractivity (Wildman–Crippen MR) is 150 cm³/mol. The van der Waals surface area contributed by atoms with Crippen molar-refractivity contribution in [2.45, 2.75) is 51.2 Å². The van der Waals surface area contributed by atoms with Crippen LogP contribution in [0.1, 0.15) is 36.1 Å². The van der Waals surface area contributed by atoms with Crippen LogP contribution in [0.2, 0.25) is 0 Å². The van der Waals surface area contributed by atoms with Crippen LogP contribution in [0, 0.1) is 5.41 Å². The van der Waals surface area contributed by atoms with Gasteiger partial charge in [0.25, 0.3) is 0 Å². The molecule has 3 aromatic rings. The number of nitrogens with one attached hydrogen (secondary N) is 2. The molecule has 3 heterocycles. The summed E-state index contributed by atoms with van der Waals surface area (Å²) in [5.41, 5.74) is 2.15. The van der Waals surface area contributed by atoms with Crippen molar-refractivity contribution >= 4 is 11.8 Å². The Morgan fingerprint density at radius 1 is 1.00 bits per heavy atom. The highest BCUT2D eigenvalue weighted by atomic mass is 16.5. The molecular weight excluding hydrogens is 508 g/mol. The quantitative estimate of drug-likeness (QED) is 0.488. The van der Waals surface area contributed by atoms with Crippen molar-refractivity contribution in [3.8, 4) is 11.5 Å². The highest BCUT2D eigenvalue weighted by Crippen LogP contribution is 2.38. The maximum atomic E-state index is 14.1. The number of benzene rings is 2. The number of methoxy groups -OCH3 is 2. The Morgan fingerprint density at radius 2 is 1.80 bits per heavy atom. The minimum Gasteiger partial charge on any atom is -0.493 e. The third kappa shape index (κ3) is 6.28. The van der Waals surface area contributed by atoms with Crippen molar-refractivity contribution in [1.29, 1.82) is 0 Å². The molecule has 0 saturated carbocycles. The van der Waals surface area contributed by atoms with Crippen LogP contribution in [0.15, 0.2) is 54.7 Å². The van der Waals surface area contributed by atoms with Crippen LogP contribution in [-0.2, 0) is 35.5 Å². The number of carbonyl (C=O) groups excluding carboxylic acids is 2. The fourth-order valence-corrected chi connectivity index (χ4v) is 5.76. The lowest BCUT2D eigenvalue weighted by Crippen LogP contribution is -2.56. The summed E-state index contributed by atoms with van der Waals surface area (Å²) in [6.07, 6.45) is 4.85. The van der Waals surface area contributed by atoms with Crippen molar-refractivity contribution in [3.63, 3.8) is 0 Å². The summed E-state index contributed by atoms with van der Waals surface area (Å²) < 4.78 is 12.9. The highest BCUT2D eigenvalue weighted by Gasteiger charge is 2.43. The standard InChI is InChI=1S/C30H38N6O4/c1-39-26-11-6-10-23(27(26)40-2)20-35-16-12-30(13-17-35)19-24-21-36(34-33-24)15-7-14-31-28(37)25(32-29(30)38)18-22-8-4-3-5-9-22/h3-6,8-11,21,25H,7,12-20H2,1-2H3,(H,31,37)(H,32,38)/t25-/m0/s1. The largest absolute Gasteiger partial charge is 0.493 e. The first-order valence-corrected chi connectivity index (χ1v) is 13.9. The number of para-hydroxylation sites is 1. The number of hydrogen-bond donors (Lipinski definition) is 2.